The maximum absolute atomic E-state index is 5.65. The lowest BCUT2D eigenvalue weighted by Crippen LogP contribution is -1.93. The van der Waals surface area contributed by atoms with Gasteiger partial charge in [0.2, 0.25) is 11.7 Å². The normalized spacial score (nSPS) is 10.6. The number of benzene rings is 1. The van der Waals surface area contributed by atoms with Gasteiger partial charge in [0.05, 0.1) is 6.20 Å². The van der Waals surface area contributed by atoms with Crippen LogP contribution in [0.2, 0.25) is 0 Å². The molecule has 0 aliphatic carbocycles. The van der Waals surface area contributed by atoms with E-state index in [1.54, 1.807) is 18.6 Å². The first-order valence-electron chi connectivity index (χ1n) is 6.24. The average molecular weight is 267 g/mol. The van der Waals surface area contributed by atoms with E-state index in [-0.39, 0.29) is 0 Å². The van der Waals surface area contributed by atoms with Crippen LogP contribution in [-0.4, -0.2) is 20.1 Å². The molecule has 6 heteroatoms. The van der Waals surface area contributed by atoms with Crippen molar-refractivity contribution in [3.05, 3.63) is 54.3 Å². The van der Waals surface area contributed by atoms with Crippen molar-refractivity contribution in [1.82, 2.24) is 20.1 Å². The van der Waals surface area contributed by atoms with Gasteiger partial charge in [0, 0.05) is 24.5 Å². The first-order chi connectivity index (χ1) is 9.81. The van der Waals surface area contributed by atoms with Crippen LogP contribution in [0, 0.1) is 0 Å². The molecule has 0 radical (unpaired) electrons. The summed E-state index contributed by atoms with van der Waals surface area (Å²) in [5.41, 5.74) is 8.19. The molecule has 0 aliphatic heterocycles. The summed E-state index contributed by atoms with van der Waals surface area (Å²) in [5, 5.41) is 3.90. The smallest absolute Gasteiger partial charge is 0.227 e. The van der Waals surface area contributed by atoms with Gasteiger partial charge < -0.3 is 10.3 Å². The van der Waals surface area contributed by atoms with Crippen LogP contribution in [0.1, 0.15) is 11.5 Å². The number of aryl methyl sites for hydroxylation is 2. The zero-order valence-corrected chi connectivity index (χ0v) is 10.7. The van der Waals surface area contributed by atoms with E-state index >= 15 is 0 Å². The van der Waals surface area contributed by atoms with Crippen molar-refractivity contribution in [2.24, 2.45) is 0 Å². The zero-order valence-electron chi connectivity index (χ0n) is 10.7. The first-order valence-corrected chi connectivity index (χ1v) is 6.24. The van der Waals surface area contributed by atoms with Crippen molar-refractivity contribution < 1.29 is 4.52 Å². The topological polar surface area (TPSA) is 90.7 Å². The molecular formula is C14H13N5O. The molecule has 2 heterocycles. The molecule has 0 saturated carbocycles. The van der Waals surface area contributed by atoms with Crippen molar-refractivity contribution >= 4 is 5.69 Å². The monoisotopic (exact) mass is 267 g/mol. The van der Waals surface area contributed by atoms with Crippen LogP contribution < -0.4 is 5.73 Å². The Morgan fingerprint density at radius 3 is 2.65 bits per heavy atom. The number of nitrogens with two attached hydrogens (primary N) is 1. The highest BCUT2D eigenvalue weighted by atomic mass is 16.5. The van der Waals surface area contributed by atoms with Crippen LogP contribution in [0.25, 0.3) is 11.5 Å². The summed E-state index contributed by atoms with van der Waals surface area (Å²) in [4.78, 5) is 12.4. The second kappa shape index (κ2) is 5.48. The van der Waals surface area contributed by atoms with Crippen LogP contribution in [0.4, 0.5) is 5.69 Å². The van der Waals surface area contributed by atoms with E-state index in [1.807, 2.05) is 24.3 Å². The molecule has 0 atom stereocenters. The molecule has 3 aromatic rings. The quantitative estimate of drug-likeness (QED) is 0.726. The van der Waals surface area contributed by atoms with E-state index < -0.39 is 0 Å². The van der Waals surface area contributed by atoms with Gasteiger partial charge in [-0.2, -0.15) is 4.98 Å². The molecule has 2 N–H and O–H groups in total. The first kappa shape index (κ1) is 12.3. The molecule has 6 nitrogen and oxygen atoms in total. The zero-order chi connectivity index (χ0) is 13.8. The Kier molecular flexibility index (Phi) is 3.36. The summed E-state index contributed by atoms with van der Waals surface area (Å²) in [6, 6.07) is 7.76. The fraction of sp³-hybridized carbons (Fsp3) is 0.143. The Morgan fingerprint density at radius 1 is 1.05 bits per heavy atom. The molecule has 0 fully saturated rings. The highest BCUT2D eigenvalue weighted by Crippen LogP contribution is 2.13. The summed E-state index contributed by atoms with van der Waals surface area (Å²) in [6.07, 6.45) is 6.31. The van der Waals surface area contributed by atoms with E-state index in [0.29, 0.717) is 23.8 Å². The van der Waals surface area contributed by atoms with E-state index in [0.717, 1.165) is 12.1 Å². The Bertz CT molecular complexity index is 678. The number of nitrogen functional groups attached to an aromatic ring is 1. The molecule has 3 rings (SSSR count). The van der Waals surface area contributed by atoms with Crippen LogP contribution in [0.15, 0.2) is 47.4 Å². The summed E-state index contributed by atoms with van der Waals surface area (Å²) in [7, 11) is 0. The minimum atomic E-state index is 0.463. The summed E-state index contributed by atoms with van der Waals surface area (Å²) < 4.78 is 5.21. The molecule has 1 aromatic carbocycles. The van der Waals surface area contributed by atoms with Gasteiger partial charge >= 0.3 is 0 Å². The second-order valence-corrected chi connectivity index (χ2v) is 4.34. The molecule has 20 heavy (non-hydrogen) atoms. The van der Waals surface area contributed by atoms with Crippen molar-refractivity contribution in [1.29, 1.82) is 0 Å². The molecule has 100 valence electrons. The van der Waals surface area contributed by atoms with Crippen LogP contribution in [0.5, 0.6) is 0 Å². The van der Waals surface area contributed by atoms with Gasteiger partial charge in [-0.1, -0.05) is 17.3 Å². The van der Waals surface area contributed by atoms with Gasteiger partial charge in [-0.3, -0.25) is 4.98 Å². The van der Waals surface area contributed by atoms with Crippen molar-refractivity contribution in [3.8, 4) is 11.5 Å². The highest BCUT2D eigenvalue weighted by Gasteiger charge is 2.09. The number of rotatable bonds is 4. The van der Waals surface area contributed by atoms with Crippen LogP contribution in [-0.2, 0) is 12.8 Å². The summed E-state index contributed by atoms with van der Waals surface area (Å²) in [5.74, 6) is 1.05. The van der Waals surface area contributed by atoms with Gasteiger partial charge in [0.25, 0.3) is 0 Å². The third-order valence-electron chi connectivity index (χ3n) is 2.87. The number of hydrogen-bond donors (Lipinski definition) is 1. The van der Waals surface area contributed by atoms with Gasteiger partial charge in [0.15, 0.2) is 0 Å². The van der Waals surface area contributed by atoms with E-state index in [9.17, 15) is 0 Å². The lowest BCUT2D eigenvalue weighted by molar-refractivity contribution is 0.378. The Balaban J connectivity index is 1.67. The second-order valence-electron chi connectivity index (χ2n) is 4.34. The maximum Gasteiger partial charge on any atom is 0.227 e. The minimum Gasteiger partial charge on any atom is -0.399 e. The number of aromatic nitrogens is 4. The molecule has 0 amide bonds. The predicted octanol–water partition coefficient (Wildman–Crippen LogP) is 1.89. The summed E-state index contributed by atoms with van der Waals surface area (Å²) >= 11 is 0. The predicted molar refractivity (Wildman–Crippen MR) is 73.6 cm³/mol. The van der Waals surface area contributed by atoms with E-state index in [4.69, 9.17) is 10.3 Å². The SMILES string of the molecule is Nc1ccc(CCc2nc(-c3cnccn3)no2)cc1. The number of anilines is 1. The van der Waals surface area contributed by atoms with Crippen LogP contribution in [0.3, 0.4) is 0 Å². The van der Waals surface area contributed by atoms with E-state index in [1.165, 1.54) is 5.56 Å². The fourth-order valence-electron chi connectivity index (χ4n) is 1.81. The van der Waals surface area contributed by atoms with Gasteiger partial charge in [-0.15, -0.1) is 0 Å². The molecule has 0 unspecified atom stereocenters. The van der Waals surface area contributed by atoms with Crippen LogP contribution >= 0.6 is 0 Å². The van der Waals surface area contributed by atoms with Gasteiger partial charge in [-0.05, 0) is 24.1 Å². The molecule has 0 saturated heterocycles. The Hall–Kier alpha value is -2.76. The van der Waals surface area contributed by atoms with Gasteiger partial charge in [0.1, 0.15) is 5.69 Å². The lowest BCUT2D eigenvalue weighted by Gasteiger charge is -1.98. The number of nitrogens with zero attached hydrogens (tertiary/aromatic N) is 4. The minimum absolute atomic E-state index is 0.463. The molecule has 0 aliphatic rings. The molecular weight excluding hydrogens is 254 g/mol. The molecule has 0 spiro atoms. The average Bonchev–Trinajstić information content (AvgIpc) is 2.97. The van der Waals surface area contributed by atoms with Crippen molar-refractivity contribution in [2.45, 2.75) is 12.8 Å². The standard InChI is InChI=1S/C14H13N5O/c15-11-4-1-10(2-5-11)3-6-13-18-14(19-20-13)12-9-16-7-8-17-12/h1-2,4-5,7-9H,3,6,15H2. The Labute approximate surface area is 115 Å². The maximum atomic E-state index is 5.65. The largest absolute Gasteiger partial charge is 0.399 e. The third kappa shape index (κ3) is 2.80. The fourth-order valence-corrected chi connectivity index (χ4v) is 1.81. The number of hydrogen-bond acceptors (Lipinski definition) is 6. The Morgan fingerprint density at radius 2 is 1.90 bits per heavy atom. The third-order valence-corrected chi connectivity index (χ3v) is 2.87. The molecule has 0 bridgehead atoms. The van der Waals surface area contributed by atoms with E-state index in [2.05, 4.69) is 20.1 Å². The van der Waals surface area contributed by atoms with Gasteiger partial charge in [-0.25, -0.2) is 4.98 Å². The lowest BCUT2D eigenvalue weighted by atomic mass is 10.1. The van der Waals surface area contributed by atoms with Crippen molar-refractivity contribution in [3.63, 3.8) is 0 Å². The summed E-state index contributed by atoms with van der Waals surface area (Å²) in [6.45, 7) is 0. The molecule has 2 aromatic heterocycles. The highest BCUT2D eigenvalue weighted by molar-refractivity contribution is 5.45. The van der Waals surface area contributed by atoms with Crippen molar-refractivity contribution in [2.75, 3.05) is 5.73 Å².